The van der Waals surface area contributed by atoms with E-state index in [1.165, 1.54) is 4.90 Å². The maximum absolute atomic E-state index is 14.1. The van der Waals surface area contributed by atoms with E-state index in [2.05, 4.69) is 19.2 Å². The number of hydrogen-bond donors (Lipinski definition) is 1. The molecule has 2 amide bonds. The van der Waals surface area contributed by atoms with Crippen LogP contribution in [0.4, 0.5) is 5.69 Å². The van der Waals surface area contributed by atoms with Gasteiger partial charge in [0.1, 0.15) is 12.6 Å². The van der Waals surface area contributed by atoms with Gasteiger partial charge in [0.05, 0.1) is 11.9 Å². The summed E-state index contributed by atoms with van der Waals surface area (Å²) < 4.78 is 27.0. The summed E-state index contributed by atoms with van der Waals surface area (Å²) in [6, 6.07) is 22.7. The van der Waals surface area contributed by atoms with E-state index >= 15 is 0 Å². The number of halogens is 1. The minimum absolute atomic E-state index is 0.0781. The second kappa shape index (κ2) is 14.5. The van der Waals surface area contributed by atoms with Crippen LogP contribution in [0, 0.1) is 0 Å². The SMILES string of the molecule is CC[C@H](C)NC(=O)[C@@H](Cc1ccccc1)N(Cc1cccc(Cl)c1)C(=O)CN(c1ccc(C(C)C)cc1)S(C)(=O)=O. The number of hydrogen-bond acceptors (Lipinski definition) is 4. The summed E-state index contributed by atoms with van der Waals surface area (Å²) in [6.45, 7) is 7.61. The van der Waals surface area contributed by atoms with Crippen molar-refractivity contribution < 1.29 is 18.0 Å². The fourth-order valence-electron chi connectivity index (χ4n) is 4.47. The van der Waals surface area contributed by atoms with Gasteiger partial charge in [-0.05, 0) is 60.2 Å². The van der Waals surface area contributed by atoms with Crippen LogP contribution in [-0.2, 0) is 32.6 Å². The first kappa shape index (κ1) is 32.2. The third kappa shape index (κ3) is 9.33. The van der Waals surface area contributed by atoms with Gasteiger partial charge in [0.2, 0.25) is 21.8 Å². The minimum atomic E-state index is -3.82. The molecule has 0 radical (unpaired) electrons. The van der Waals surface area contributed by atoms with Gasteiger partial charge in [-0.2, -0.15) is 0 Å². The maximum Gasteiger partial charge on any atom is 0.244 e. The number of carbonyl (C=O) groups excluding carboxylic acids is 2. The summed E-state index contributed by atoms with van der Waals surface area (Å²) in [5.41, 5.74) is 3.05. The fourth-order valence-corrected chi connectivity index (χ4v) is 5.53. The molecule has 3 aromatic carbocycles. The van der Waals surface area contributed by atoms with E-state index in [9.17, 15) is 18.0 Å². The van der Waals surface area contributed by atoms with Crippen molar-refractivity contribution in [3.8, 4) is 0 Å². The topological polar surface area (TPSA) is 86.8 Å². The molecular weight excluding hydrogens is 558 g/mol. The lowest BCUT2D eigenvalue weighted by molar-refractivity contribution is -0.140. The molecule has 0 fully saturated rings. The molecule has 0 spiro atoms. The van der Waals surface area contributed by atoms with Crippen molar-refractivity contribution >= 4 is 39.1 Å². The molecule has 0 aliphatic heterocycles. The molecule has 0 saturated heterocycles. The molecule has 0 saturated carbocycles. The predicted molar refractivity (Wildman–Crippen MR) is 167 cm³/mol. The van der Waals surface area contributed by atoms with E-state index in [0.717, 1.165) is 33.7 Å². The van der Waals surface area contributed by atoms with Gasteiger partial charge in [-0.15, -0.1) is 0 Å². The van der Waals surface area contributed by atoms with Gasteiger partial charge in [0, 0.05) is 24.0 Å². The van der Waals surface area contributed by atoms with Gasteiger partial charge in [-0.1, -0.05) is 87.0 Å². The van der Waals surface area contributed by atoms with E-state index in [1.807, 2.05) is 62.4 Å². The third-order valence-electron chi connectivity index (χ3n) is 7.04. The highest BCUT2D eigenvalue weighted by Crippen LogP contribution is 2.24. The molecule has 0 aromatic heterocycles. The smallest absolute Gasteiger partial charge is 0.244 e. The lowest BCUT2D eigenvalue weighted by Gasteiger charge is -2.34. The molecule has 220 valence electrons. The van der Waals surface area contributed by atoms with Gasteiger partial charge in [0.15, 0.2) is 0 Å². The second-order valence-corrected chi connectivity index (χ2v) is 13.0. The normalized spacial score (nSPS) is 13.0. The Kier molecular flexibility index (Phi) is 11.4. The molecule has 3 aromatic rings. The van der Waals surface area contributed by atoms with E-state index in [0.29, 0.717) is 10.7 Å². The first-order valence-electron chi connectivity index (χ1n) is 13.8. The molecule has 0 heterocycles. The van der Waals surface area contributed by atoms with E-state index < -0.39 is 28.5 Å². The number of rotatable bonds is 13. The average Bonchev–Trinajstić information content (AvgIpc) is 2.93. The van der Waals surface area contributed by atoms with Crippen molar-refractivity contribution in [1.82, 2.24) is 10.2 Å². The Balaban J connectivity index is 2.05. The van der Waals surface area contributed by atoms with Crippen molar-refractivity contribution in [3.63, 3.8) is 0 Å². The number of sulfonamides is 1. The van der Waals surface area contributed by atoms with Gasteiger partial charge in [0.25, 0.3) is 0 Å². The number of anilines is 1. The van der Waals surface area contributed by atoms with Crippen LogP contribution >= 0.6 is 11.6 Å². The van der Waals surface area contributed by atoms with E-state index in [-0.39, 0.29) is 30.8 Å². The lowest BCUT2D eigenvalue weighted by atomic mass is 10.0. The van der Waals surface area contributed by atoms with E-state index in [1.54, 1.807) is 30.3 Å². The number of nitrogens with one attached hydrogen (secondary N) is 1. The fraction of sp³-hybridized carbons (Fsp3) is 0.375. The molecule has 2 atom stereocenters. The van der Waals surface area contributed by atoms with Crippen molar-refractivity contribution in [2.24, 2.45) is 0 Å². The second-order valence-electron chi connectivity index (χ2n) is 10.7. The zero-order valence-corrected chi connectivity index (χ0v) is 26.0. The zero-order chi connectivity index (χ0) is 30.2. The highest BCUT2D eigenvalue weighted by atomic mass is 35.5. The van der Waals surface area contributed by atoms with Crippen molar-refractivity contribution in [1.29, 1.82) is 0 Å². The minimum Gasteiger partial charge on any atom is -0.352 e. The lowest BCUT2D eigenvalue weighted by Crippen LogP contribution is -2.54. The largest absolute Gasteiger partial charge is 0.352 e. The quantitative estimate of drug-likeness (QED) is 0.270. The summed E-state index contributed by atoms with van der Waals surface area (Å²) in [5.74, 6) is -0.525. The molecule has 7 nitrogen and oxygen atoms in total. The van der Waals surface area contributed by atoms with Crippen LogP contribution in [0.25, 0.3) is 0 Å². The van der Waals surface area contributed by atoms with Gasteiger partial charge in [-0.25, -0.2) is 8.42 Å². The monoisotopic (exact) mass is 597 g/mol. The van der Waals surface area contributed by atoms with Crippen LogP contribution in [0.2, 0.25) is 5.02 Å². The number of nitrogens with zero attached hydrogens (tertiary/aromatic N) is 2. The van der Waals surface area contributed by atoms with Crippen LogP contribution in [0.1, 0.15) is 56.7 Å². The molecule has 9 heteroatoms. The molecule has 41 heavy (non-hydrogen) atoms. The van der Waals surface area contributed by atoms with Crippen molar-refractivity contribution in [2.45, 2.75) is 65.1 Å². The highest BCUT2D eigenvalue weighted by Gasteiger charge is 2.33. The molecule has 0 bridgehead atoms. The molecule has 0 unspecified atom stereocenters. The van der Waals surface area contributed by atoms with Crippen molar-refractivity contribution in [2.75, 3.05) is 17.1 Å². The van der Waals surface area contributed by atoms with Crippen LogP contribution in [0.5, 0.6) is 0 Å². The third-order valence-corrected chi connectivity index (χ3v) is 8.42. The average molecular weight is 598 g/mol. The Hall–Kier alpha value is -3.36. The highest BCUT2D eigenvalue weighted by molar-refractivity contribution is 7.92. The summed E-state index contributed by atoms with van der Waals surface area (Å²) in [5, 5.41) is 3.53. The maximum atomic E-state index is 14.1. The summed E-state index contributed by atoms with van der Waals surface area (Å²) in [6.07, 6.45) is 2.06. The first-order chi connectivity index (χ1) is 19.4. The molecule has 1 N–H and O–H groups in total. The standard InChI is InChI=1S/C32H40ClN3O4S/c1-6-24(4)34-32(38)30(20-25-11-8-7-9-12-25)35(21-26-13-10-14-28(33)19-26)31(37)22-36(41(5,39)40)29-17-15-27(16-18-29)23(2)3/h7-19,23-24,30H,6,20-22H2,1-5H3,(H,34,38)/t24-,30+/m0/s1. The Morgan fingerprint density at radius 2 is 1.54 bits per heavy atom. The molecule has 0 aliphatic carbocycles. The Bertz CT molecular complexity index is 1410. The summed E-state index contributed by atoms with van der Waals surface area (Å²) in [4.78, 5) is 29.3. The number of benzene rings is 3. The predicted octanol–water partition coefficient (Wildman–Crippen LogP) is 5.78. The molecule has 3 rings (SSSR count). The number of amides is 2. The molecular formula is C32H40ClN3O4S. The van der Waals surface area contributed by atoms with Crippen LogP contribution in [0.3, 0.4) is 0 Å². The van der Waals surface area contributed by atoms with Gasteiger partial charge >= 0.3 is 0 Å². The van der Waals surface area contributed by atoms with E-state index in [4.69, 9.17) is 11.6 Å². The van der Waals surface area contributed by atoms with Crippen LogP contribution in [-0.4, -0.2) is 50.0 Å². The number of carbonyl (C=O) groups is 2. The zero-order valence-electron chi connectivity index (χ0n) is 24.4. The van der Waals surface area contributed by atoms with Gasteiger partial charge in [-0.3, -0.25) is 13.9 Å². The molecule has 0 aliphatic rings. The summed E-state index contributed by atoms with van der Waals surface area (Å²) in [7, 11) is -3.82. The van der Waals surface area contributed by atoms with Crippen LogP contribution in [0.15, 0.2) is 78.9 Å². The Labute approximate surface area is 249 Å². The first-order valence-corrected chi connectivity index (χ1v) is 16.1. The summed E-state index contributed by atoms with van der Waals surface area (Å²) >= 11 is 6.26. The van der Waals surface area contributed by atoms with Crippen molar-refractivity contribution in [3.05, 3.63) is 101 Å². The Morgan fingerprint density at radius 3 is 2.10 bits per heavy atom. The Morgan fingerprint density at radius 1 is 0.902 bits per heavy atom. The van der Waals surface area contributed by atoms with Gasteiger partial charge < -0.3 is 10.2 Å². The van der Waals surface area contributed by atoms with Crippen LogP contribution < -0.4 is 9.62 Å².